The fraction of sp³-hybridized carbons (Fsp3) is 0.333. The first-order chi connectivity index (χ1) is 5.40. The van der Waals surface area contributed by atoms with Crippen molar-refractivity contribution in [3.05, 3.63) is 35.0 Å². The quantitative estimate of drug-likeness (QED) is 0.556. The molecule has 0 unspecified atom stereocenters. The summed E-state index contributed by atoms with van der Waals surface area (Å²) < 4.78 is 0. The molecule has 0 saturated carbocycles. The number of nitrogens with zero attached hydrogens (tertiary/aromatic N) is 2. The third-order valence-corrected chi connectivity index (χ3v) is 1.82. The second-order valence-corrected chi connectivity index (χ2v) is 2.64. The number of benzene rings is 1. The highest BCUT2D eigenvalue weighted by molar-refractivity contribution is 5.03. The van der Waals surface area contributed by atoms with E-state index in [1.165, 1.54) is 0 Å². The molecule has 1 aromatic carbocycles. The normalized spacial score (nSPS) is 15.4. The van der Waals surface area contributed by atoms with Crippen LogP contribution in [0.3, 0.4) is 0 Å². The Labute approximate surface area is 65.3 Å². The van der Waals surface area contributed by atoms with Gasteiger partial charge in [0, 0.05) is 0 Å². The summed E-state index contributed by atoms with van der Waals surface area (Å²) >= 11 is 0. The molecule has 11 heavy (non-hydrogen) atoms. The number of hydrogen-bond donors (Lipinski definition) is 0. The molecule has 0 radical (unpaired) electrons. The van der Waals surface area contributed by atoms with Crippen LogP contribution in [0.25, 0.3) is 0 Å². The predicted octanol–water partition coefficient (Wildman–Crippen LogP) is 0.675. The summed E-state index contributed by atoms with van der Waals surface area (Å²) in [6.07, 6.45) is 1.17. The largest absolute Gasteiger partial charge is 0.256 e. The summed E-state index contributed by atoms with van der Waals surface area (Å²) in [5.41, 5.74) is 0. The molecule has 0 spiro atoms. The Kier molecular flexibility index (Phi) is 1.46. The average Bonchev–Trinajstić information content (AvgIpc) is 2.46. The zero-order valence-electron chi connectivity index (χ0n) is 6.49. The van der Waals surface area contributed by atoms with Gasteiger partial charge in [0.2, 0.25) is 0 Å². The molecule has 0 N–H and O–H groups in total. The van der Waals surface area contributed by atoms with Gasteiger partial charge in [-0.1, -0.05) is 19.1 Å². The van der Waals surface area contributed by atoms with Crippen LogP contribution in [0, 0.1) is 0 Å². The number of fused-ring (bicyclic) bond motifs is 1. The van der Waals surface area contributed by atoms with Crippen LogP contribution >= 0.6 is 0 Å². The fourth-order valence-corrected chi connectivity index (χ4v) is 1.22. The van der Waals surface area contributed by atoms with E-state index >= 15 is 0 Å². The van der Waals surface area contributed by atoms with Gasteiger partial charge in [-0.15, -0.1) is 0 Å². The van der Waals surface area contributed by atoms with Crippen LogP contribution in [0.15, 0.2) is 34.3 Å². The minimum absolute atomic E-state index is 0.174. The lowest BCUT2D eigenvalue weighted by atomic mass is 10.3. The molecule has 56 valence electrons. The van der Waals surface area contributed by atoms with Crippen LogP contribution in [0.4, 0.5) is 0 Å². The SMILES string of the molecule is CCC1N=c2ccccc2=N1. The monoisotopic (exact) mass is 146 g/mol. The van der Waals surface area contributed by atoms with E-state index in [-0.39, 0.29) is 6.17 Å². The Morgan fingerprint density at radius 3 is 2.18 bits per heavy atom. The molecular weight excluding hydrogens is 136 g/mol. The Hall–Kier alpha value is -1.18. The van der Waals surface area contributed by atoms with Crippen LogP contribution in [-0.4, -0.2) is 6.17 Å². The lowest BCUT2D eigenvalue weighted by Gasteiger charge is -1.93. The van der Waals surface area contributed by atoms with Crippen LogP contribution < -0.4 is 10.7 Å². The Bertz CT molecular complexity index is 332. The van der Waals surface area contributed by atoms with Gasteiger partial charge in [-0.2, -0.15) is 0 Å². The van der Waals surface area contributed by atoms with E-state index in [9.17, 15) is 0 Å². The van der Waals surface area contributed by atoms with Crippen molar-refractivity contribution in [3.63, 3.8) is 0 Å². The first-order valence-corrected chi connectivity index (χ1v) is 3.91. The van der Waals surface area contributed by atoms with Crippen molar-refractivity contribution in [1.82, 2.24) is 0 Å². The van der Waals surface area contributed by atoms with Gasteiger partial charge in [0.05, 0.1) is 10.7 Å². The van der Waals surface area contributed by atoms with Gasteiger partial charge in [-0.3, -0.25) is 9.98 Å². The van der Waals surface area contributed by atoms with Gasteiger partial charge >= 0.3 is 0 Å². The predicted molar refractivity (Wildman–Crippen MR) is 42.8 cm³/mol. The number of rotatable bonds is 1. The van der Waals surface area contributed by atoms with E-state index in [0.29, 0.717) is 0 Å². The molecule has 0 amide bonds. The van der Waals surface area contributed by atoms with Crippen molar-refractivity contribution in [2.75, 3.05) is 0 Å². The lowest BCUT2D eigenvalue weighted by molar-refractivity contribution is 0.682. The van der Waals surface area contributed by atoms with E-state index in [4.69, 9.17) is 0 Å². The van der Waals surface area contributed by atoms with Crippen molar-refractivity contribution in [1.29, 1.82) is 0 Å². The molecule has 0 aliphatic carbocycles. The van der Waals surface area contributed by atoms with Gasteiger partial charge in [0.15, 0.2) is 0 Å². The van der Waals surface area contributed by atoms with Gasteiger partial charge in [0.1, 0.15) is 6.17 Å². The van der Waals surface area contributed by atoms with Gasteiger partial charge < -0.3 is 0 Å². The molecule has 0 atom stereocenters. The lowest BCUT2D eigenvalue weighted by Crippen LogP contribution is -2.19. The minimum Gasteiger partial charge on any atom is -0.256 e. The van der Waals surface area contributed by atoms with Crippen molar-refractivity contribution in [2.45, 2.75) is 19.5 Å². The van der Waals surface area contributed by atoms with Gasteiger partial charge in [-0.25, -0.2) is 0 Å². The molecule has 1 aliphatic rings. The standard InChI is InChI=1S/C9H10N2/c1-2-9-10-7-5-3-4-6-8(7)11-9/h3-6,9H,2H2,1H3. The maximum absolute atomic E-state index is 4.40. The van der Waals surface area contributed by atoms with Gasteiger partial charge in [0.25, 0.3) is 0 Å². The van der Waals surface area contributed by atoms with E-state index in [1.54, 1.807) is 0 Å². The third kappa shape index (κ3) is 1.04. The van der Waals surface area contributed by atoms with Crippen molar-refractivity contribution < 1.29 is 0 Å². The Morgan fingerprint density at radius 1 is 1.18 bits per heavy atom. The van der Waals surface area contributed by atoms with Crippen LogP contribution in [-0.2, 0) is 0 Å². The van der Waals surface area contributed by atoms with Crippen LogP contribution in [0.1, 0.15) is 13.3 Å². The minimum atomic E-state index is 0.174. The molecular formula is C9H10N2. The Morgan fingerprint density at radius 2 is 1.73 bits per heavy atom. The summed E-state index contributed by atoms with van der Waals surface area (Å²) in [5.74, 6) is 0. The second kappa shape index (κ2) is 2.46. The van der Waals surface area contributed by atoms with Gasteiger partial charge in [-0.05, 0) is 18.6 Å². The Balaban J connectivity index is 2.61. The molecule has 0 aromatic heterocycles. The number of para-hydroxylation sites is 2. The summed E-state index contributed by atoms with van der Waals surface area (Å²) in [7, 11) is 0. The zero-order valence-corrected chi connectivity index (χ0v) is 6.49. The maximum Gasteiger partial charge on any atom is 0.140 e. The van der Waals surface area contributed by atoms with Crippen molar-refractivity contribution in [2.24, 2.45) is 9.98 Å². The van der Waals surface area contributed by atoms with Crippen molar-refractivity contribution >= 4 is 0 Å². The molecule has 0 fully saturated rings. The molecule has 1 heterocycles. The first-order valence-electron chi connectivity index (χ1n) is 3.91. The van der Waals surface area contributed by atoms with Crippen molar-refractivity contribution in [3.8, 4) is 0 Å². The smallest absolute Gasteiger partial charge is 0.140 e. The molecule has 1 aliphatic heterocycles. The molecule has 1 aromatic rings. The summed E-state index contributed by atoms with van der Waals surface area (Å²) in [6.45, 7) is 2.10. The second-order valence-electron chi connectivity index (χ2n) is 2.64. The highest BCUT2D eigenvalue weighted by Gasteiger charge is 2.04. The summed E-state index contributed by atoms with van der Waals surface area (Å²) in [6, 6.07) is 8.01. The maximum atomic E-state index is 4.40. The molecule has 2 nitrogen and oxygen atoms in total. The van der Waals surface area contributed by atoms with Crippen LogP contribution in [0.2, 0.25) is 0 Å². The summed E-state index contributed by atoms with van der Waals surface area (Å²) in [4.78, 5) is 8.81. The third-order valence-electron chi connectivity index (χ3n) is 1.82. The molecule has 2 rings (SSSR count). The first kappa shape index (κ1) is 6.53. The topological polar surface area (TPSA) is 24.7 Å². The summed E-state index contributed by atoms with van der Waals surface area (Å²) in [5, 5.41) is 2.08. The van der Waals surface area contributed by atoms with E-state index in [1.807, 2.05) is 24.3 Å². The van der Waals surface area contributed by atoms with Crippen LogP contribution in [0.5, 0.6) is 0 Å². The number of hydrogen-bond acceptors (Lipinski definition) is 2. The van der Waals surface area contributed by atoms with E-state index < -0.39 is 0 Å². The zero-order chi connectivity index (χ0) is 7.68. The highest BCUT2D eigenvalue weighted by Crippen LogP contribution is 1.98. The average molecular weight is 146 g/mol. The molecule has 0 bridgehead atoms. The fourth-order valence-electron chi connectivity index (χ4n) is 1.22. The highest BCUT2D eigenvalue weighted by atomic mass is 15.0. The van der Waals surface area contributed by atoms with E-state index in [0.717, 1.165) is 17.1 Å². The molecule has 2 heteroatoms. The molecule has 0 saturated heterocycles. The van der Waals surface area contributed by atoms with E-state index in [2.05, 4.69) is 16.9 Å².